The number of carbonyl (C=O) groups is 1. The number of aryl methyl sites for hydroxylation is 1. The van der Waals surface area contributed by atoms with Crippen LogP contribution in [0.3, 0.4) is 0 Å². The van der Waals surface area contributed by atoms with Gasteiger partial charge in [-0.15, -0.1) is 0 Å². The monoisotopic (exact) mass is 373 g/mol. The van der Waals surface area contributed by atoms with Crippen LogP contribution in [0.2, 0.25) is 0 Å². The summed E-state index contributed by atoms with van der Waals surface area (Å²) in [6, 6.07) is 10.4. The third kappa shape index (κ3) is 3.45. The van der Waals surface area contributed by atoms with E-state index in [-0.39, 0.29) is 18.5 Å². The van der Waals surface area contributed by atoms with Crippen molar-refractivity contribution in [1.82, 2.24) is 14.5 Å². The topological polar surface area (TPSA) is 74.1 Å². The maximum Gasteiger partial charge on any atom is 0.313 e. The highest BCUT2D eigenvalue weighted by atomic mass is 79.9. The van der Waals surface area contributed by atoms with Crippen LogP contribution in [0.5, 0.6) is 5.75 Å². The van der Waals surface area contributed by atoms with Gasteiger partial charge in [0, 0.05) is 12.7 Å². The Morgan fingerprint density at radius 2 is 2.00 bits per heavy atom. The molecule has 0 saturated carbocycles. The number of esters is 1. The molecule has 6 nitrogen and oxygen atoms in total. The van der Waals surface area contributed by atoms with Crippen molar-refractivity contribution in [2.75, 3.05) is 0 Å². The van der Waals surface area contributed by atoms with Gasteiger partial charge in [0.05, 0.1) is 23.7 Å². The van der Waals surface area contributed by atoms with Crippen molar-refractivity contribution in [2.24, 2.45) is 0 Å². The van der Waals surface area contributed by atoms with Gasteiger partial charge in [-0.3, -0.25) is 14.2 Å². The van der Waals surface area contributed by atoms with E-state index in [0.717, 1.165) is 0 Å². The number of para-hydroxylation sites is 1. The van der Waals surface area contributed by atoms with E-state index in [1.165, 1.54) is 10.9 Å². The van der Waals surface area contributed by atoms with Gasteiger partial charge in [0.2, 0.25) is 0 Å². The summed E-state index contributed by atoms with van der Waals surface area (Å²) in [5.41, 5.74) is 0.460. The lowest BCUT2D eigenvalue weighted by atomic mass is 10.2. The summed E-state index contributed by atoms with van der Waals surface area (Å²) < 4.78 is 7.07. The first kappa shape index (κ1) is 15.4. The number of benzene rings is 1. The van der Waals surface area contributed by atoms with Crippen molar-refractivity contribution in [3.63, 3.8) is 0 Å². The molecule has 0 aliphatic heterocycles. The number of fused-ring (bicyclic) bond motifs is 1. The van der Waals surface area contributed by atoms with Gasteiger partial charge in [-0.05, 0) is 40.2 Å². The first-order valence-corrected chi connectivity index (χ1v) is 7.70. The molecule has 1 aromatic carbocycles. The molecule has 0 amide bonds. The summed E-state index contributed by atoms with van der Waals surface area (Å²) in [4.78, 5) is 32.4. The van der Waals surface area contributed by atoms with E-state index in [2.05, 4.69) is 25.9 Å². The van der Waals surface area contributed by atoms with Crippen LogP contribution < -0.4 is 10.3 Å². The molecule has 0 atom stereocenters. The quantitative estimate of drug-likeness (QED) is 0.518. The molecule has 0 radical (unpaired) electrons. The average molecular weight is 374 g/mol. The van der Waals surface area contributed by atoms with Gasteiger partial charge in [0.15, 0.2) is 5.75 Å². The van der Waals surface area contributed by atoms with Gasteiger partial charge in [0.25, 0.3) is 5.56 Å². The van der Waals surface area contributed by atoms with Crippen molar-refractivity contribution in [3.8, 4) is 5.75 Å². The SMILES string of the molecule is O=C(CCn1cnc2ccccc2c1=O)Oc1cccnc1Br. The van der Waals surface area contributed by atoms with Crippen LogP contribution in [0, 0.1) is 0 Å². The number of hydrogen-bond donors (Lipinski definition) is 0. The molecule has 2 aromatic heterocycles. The number of hydrogen-bond acceptors (Lipinski definition) is 5. The average Bonchev–Trinajstić information content (AvgIpc) is 2.57. The van der Waals surface area contributed by atoms with Gasteiger partial charge in [-0.2, -0.15) is 0 Å². The fourth-order valence-corrected chi connectivity index (χ4v) is 2.43. The molecule has 0 bridgehead atoms. The minimum atomic E-state index is -0.446. The Balaban J connectivity index is 1.71. The van der Waals surface area contributed by atoms with Crippen LogP contribution in [0.25, 0.3) is 10.9 Å². The van der Waals surface area contributed by atoms with E-state index in [0.29, 0.717) is 21.3 Å². The van der Waals surface area contributed by atoms with Gasteiger partial charge >= 0.3 is 5.97 Å². The number of pyridine rings is 1. The molecule has 0 N–H and O–H groups in total. The molecule has 7 heteroatoms. The van der Waals surface area contributed by atoms with E-state index >= 15 is 0 Å². The van der Waals surface area contributed by atoms with E-state index < -0.39 is 5.97 Å². The van der Waals surface area contributed by atoms with Crippen LogP contribution in [0.4, 0.5) is 0 Å². The fourth-order valence-electron chi connectivity index (χ4n) is 2.10. The molecular weight excluding hydrogens is 362 g/mol. The fraction of sp³-hybridized carbons (Fsp3) is 0.125. The van der Waals surface area contributed by atoms with Crippen molar-refractivity contribution in [1.29, 1.82) is 0 Å². The third-order valence-corrected chi connectivity index (χ3v) is 3.83. The van der Waals surface area contributed by atoms with Crippen LogP contribution in [-0.4, -0.2) is 20.5 Å². The number of nitrogens with zero attached hydrogens (tertiary/aromatic N) is 3. The number of aromatic nitrogens is 3. The number of carbonyl (C=O) groups excluding carboxylic acids is 1. The van der Waals surface area contributed by atoms with Crippen molar-refractivity contribution < 1.29 is 9.53 Å². The van der Waals surface area contributed by atoms with Gasteiger partial charge in [-0.1, -0.05) is 12.1 Å². The Kier molecular flexibility index (Phi) is 4.47. The molecule has 23 heavy (non-hydrogen) atoms. The number of ether oxygens (including phenoxy) is 1. The summed E-state index contributed by atoms with van der Waals surface area (Å²) in [6.45, 7) is 0.202. The summed E-state index contributed by atoms with van der Waals surface area (Å²) in [5, 5.41) is 0.526. The van der Waals surface area contributed by atoms with Gasteiger partial charge < -0.3 is 4.74 Å². The van der Waals surface area contributed by atoms with Crippen LogP contribution in [0.15, 0.2) is 58.3 Å². The molecule has 0 aliphatic carbocycles. The first-order chi connectivity index (χ1) is 11.1. The van der Waals surface area contributed by atoms with Crippen molar-refractivity contribution >= 4 is 32.8 Å². The smallest absolute Gasteiger partial charge is 0.313 e. The molecule has 0 unspecified atom stereocenters. The summed E-state index contributed by atoms with van der Waals surface area (Å²) >= 11 is 3.21. The van der Waals surface area contributed by atoms with Crippen molar-refractivity contribution in [3.05, 3.63) is 63.9 Å². The maximum absolute atomic E-state index is 12.3. The predicted molar refractivity (Wildman–Crippen MR) is 88.2 cm³/mol. The Morgan fingerprint density at radius 3 is 2.83 bits per heavy atom. The molecule has 0 saturated heterocycles. The third-order valence-electron chi connectivity index (χ3n) is 3.24. The summed E-state index contributed by atoms with van der Waals surface area (Å²) in [5.74, 6) is -0.0970. The predicted octanol–water partition coefficient (Wildman–Crippen LogP) is 2.55. The van der Waals surface area contributed by atoms with Gasteiger partial charge in [-0.25, -0.2) is 9.97 Å². The van der Waals surface area contributed by atoms with Gasteiger partial charge in [0.1, 0.15) is 4.60 Å². The Labute approximate surface area is 139 Å². The molecule has 3 rings (SSSR count). The molecule has 0 fully saturated rings. The Bertz CT molecular complexity index is 924. The van der Waals surface area contributed by atoms with Crippen LogP contribution in [0.1, 0.15) is 6.42 Å². The standard InChI is InChI=1S/C16H12BrN3O3/c17-15-13(6-3-8-18-15)23-14(21)7-9-20-10-19-12-5-2-1-4-11(12)16(20)22/h1-6,8,10H,7,9H2. The molecule has 2 heterocycles. The largest absolute Gasteiger partial charge is 0.424 e. The second-order valence-corrected chi connectivity index (χ2v) is 5.53. The normalized spacial score (nSPS) is 10.7. The van der Waals surface area contributed by atoms with E-state index in [1.54, 1.807) is 36.5 Å². The molecule has 3 aromatic rings. The van der Waals surface area contributed by atoms with Crippen LogP contribution >= 0.6 is 15.9 Å². The summed E-state index contributed by atoms with van der Waals surface area (Å²) in [7, 11) is 0. The molecule has 116 valence electrons. The number of rotatable bonds is 4. The zero-order chi connectivity index (χ0) is 16.2. The second-order valence-electron chi connectivity index (χ2n) is 4.78. The minimum Gasteiger partial charge on any atom is -0.424 e. The second kappa shape index (κ2) is 6.70. The van der Waals surface area contributed by atoms with E-state index in [4.69, 9.17) is 4.74 Å². The molecular formula is C16H12BrN3O3. The minimum absolute atomic E-state index is 0.0568. The first-order valence-electron chi connectivity index (χ1n) is 6.90. The lowest BCUT2D eigenvalue weighted by Gasteiger charge is -2.07. The highest BCUT2D eigenvalue weighted by molar-refractivity contribution is 9.10. The van der Waals surface area contributed by atoms with E-state index in [1.807, 2.05) is 6.07 Å². The highest BCUT2D eigenvalue weighted by Crippen LogP contribution is 2.21. The Morgan fingerprint density at radius 1 is 1.17 bits per heavy atom. The molecule has 0 spiro atoms. The number of halogens is 1. The highest BCUT2D eigenvalue weighted by Gasteiger charge is 2.10. The maximum atomic E-state index is 12.3. The summed E-state index contributed by atoms with van der Waals surface area (Å²) in [6.07, 6.45) is 3.08. The lowest BCUT2D eigenvalue weighted by molar-refractivity contribution is -0.134. The lowest BCUT2D eigenvalue weighted by Crippen LogP contribution is -2.23. The molecule has 0 aliphatic rings. The zero-order valence-electron chi connectivity index (χ0n) is 12.0. The Hall–Kier alpha value is -2.54. The zero-order valence-corrected chi connectivity index (χ0v) is 13.6. The van der Waals surface area contributed by atoms with Crippen molar-refractivity contribution in [2.45, 2.75) is 13.0 Å². The van der Waals surface area contributed by atoms with E-state index in [9.17, 15) is 9.59 Å². The van der Waals surface area contributed by atoms with Crippen LogP contribution in [-0.2, 0) is 11.3 Å².